The van der Waals surface area contributed by atoms with E-state index < -0.39 is 10.0 Å². The summed E-state index contributed by atoms with van der Waals surface area (Å²) in [5.74, 6) is 0.384. The Balaban J connectivity index is 2.80. The second-order valence-electron chi connectivity index (χ2n) is 5.15. The number of hydrogen-bond acceptors (Lipinski definition) is 4. The molecule has 1 aromatic heterocycles. The van der Waals surface area contributed by atoms with Gasteiger partial charge in [-0.05, 0) is 54.5 Å². The van der Waals surface area contributed by atoms with Gasteiger partial charge in [-0.25, -0.2) is 13.1 Å². The molecule has 1 rings (SSSR count). The van der Waals surface area contributed by atoms with Crippen molar-refractivity contribution in [3.05, 3.63) is 15.4 Å². The lowest BCUT2D eigenvalue weighted by Crippen LogP contribution is -2.43. The van der Waals surface area contributed by atoms with Crippen LogP contribution in [0.15, 0.2) is 14.1 Å². The van der Waals surface area contributed by atoms with E-state index in [-0.39, 0.29) is 6.04 Å². The minimum Gasteiger partial charge on any atom is -0.305 e. The molecular weight excluding hydrogens is 348 g/mol. The summed E-state index contributed by atoms with van der Waals surface area (Å²) in [6.45, 7) is 6.48. The average Bonchev–Trinajstić information content (AvgIpc) is 2.59. The van der Waals surface area contributed by atoms with Gasteiger partial charge in [0.25, 0.3) is 0 Å². The molecule has 0 saturated carbocycles. The molecule has 19 heavy (non-hydrogen) atoms. The molecule has 1 atom stereocenters. The first-order valence-corrected chi connectivity index (χ1v) is 9.16. The van der Waals surface area contributed by atoms with Crippen molar-refractivity contribution in [3.8, 4) is 0 Å². The zero-order chi connectivity index (χ0) is 14.8. The van der Waals surface area contributed by atoms with E-state index >= 15 is 0 Å². The topological polar surface area (TPSA) is 49.4 Å². The first-order chi connectivity index (χ1) is 8.65. The molecule has 1 aromatic rings. The average molecular weight is 369 g/mol. The van der Waals surface area contributed by atoms with E-state index in [1.165, 1.54) is 11.3 Å². The van der Waals surface area contributed by atoms with Crippen LogP contribution in [0.5, 0.6) is 0 Å². The van der Waals surface area contributed by atoms with Gasteiger partial charge < -0.3 is 4.90 Å². The van der Waals surface area contributed by atoms with Gasteiger partial charge >= 0.3 is 0 Å². The van der Waals surface area contributed by atoms with Crippen LogP contribution in [0.1, 0.15) is 19.4 Å². The molecule has 0 saturated heterocycles. The van der Waals surface area contributed by atoms with Crippen molar-refractivity contribution < 1.29 is 8.42 Å². The predicted octanol–water partition coefficient (Wildman–Crippen LogP) is 2.68. The molecule has 0 radical (unpaired) electrons. The van der Waals surface area contributed by atoms with Crippen LogP contribution in [-0.4, -0.2) is 40.0 Å². The standard InChI is InChI=1S/C12H21BrN2O2S2/c1-8(2)10(15(4)5)7-14-19(16,17)11-6-9(3)12(13)18-11/h6,8,10,14H,7H2,1-5H3. The number of thiophene rings is 1. The number of halogens is 1. The highest BCUT2D eigenvalue weighted by molar-refractivity contribution is 9.11. The van der Waals surface area contributed by atoms with Gasteiger partial charge in [0.05, 0.1) is 3.79 Å². The van der Waals surface area contributed by atoms with E-state index in [9.17, 15) is 8.42 Å². The first-order valence-electron chi connectivity index (χ1n) is 6.07. The Labute approximate surface area is 128 Å². The van der Waals surface area contributed by atoms with Gasteiger partial charge in [-0.3, -0.25) is 0 Å². The van der Waals surface area contributed by atoms with Gasteiger partial charge in [-0.1, -0.05) is 13.8 Å². The third-order valence-electron chi connectivity index (χ3n) is 3.01. The van der Waals surface area contributed by atoms with Crippen molar-refractivity contribution in [1.82, 2.24) is 9.62 Å². The van der Waals surface area contributed by atoms with E-state index in [0.717, 1.165) is 9.35 Å². The molecule has 0 aromatic carbocycles. The molecule has 0 aliphatic heterocycles. The highest BCUT2D eigenvalue weighted by Gasteiger charge is 2.22. The molecule has 0 amide bonds. The Morgan fingerprint density at radius 2 is 2.00 bits per heavy atom. The zero-order valence-electron chi connectivity index (χ0n) is 11.9. The summed E-state index contributed by atoms with van der Waals surface area (Å²) in [4.78, 5) is 2.04. The molecule has 1 unspecified atom stereocenters. The molecule has 4 nitrogen and oxygen atoms in total. The number of likely N-dealkylation sites (N-methyl/N-ethyl adjacent to an activating group) is 1. The Kier molecular flexibility index (Phi) is 6.00. The molecule has 0 bridgehead atoms. The fourth-order valence-electron chi connectivity index (χ4n) is 1.84. The van der Waals surface area contributed by atoms with Crippen LogP contribution in [0, 0.1) is 12.8 Å². The Morgan fingerprint density at radius 3 is 2.37 bits per heavy atom. The molecule has 0 spiro atoms. The van der Waals surface area contributed by atoms with E-state index in [2.05, 4.69) is 34.5 Å². The van der Waals surface area contributed by atoms with Gasteiger partial charge in [0.15, 0.2) is 0 Å². The Morgan fingerprint density at radius 1 is 1.42 bits per heavy atom. The SMILES string of the molecule is Cc1cc(S(=O)(=O)NCC(C(C)C)N(C)C)sc1Br. The quantitative estimate of drug-likeness (QED) is 0.839. The highest BCUT2D eigenvalue weighted by Crippen LogP contribution is 2.30. The van der Waals surface area contributed by atoms with Crippen molar-refractivity contribution in [3.63, 3.8) is 0 Å². The molecule has 0 fully saturated rings. The van der Waals surface area contributed by atoms with Crippen LogP contribution in [0.4, 0.5) is 0 Å². The molecule has 0 aliphatic rings. The van der Waals surface area contributed by atoms with E-state index in [4.69, 9.17) is 0 Å². The summed E-state index contributed by atoms with van der Waals surface area (Å²) in [7, 11) is 0.514. The van der Waals surface area contributed by atoms with E-state index in [1.54, 1.807) is 6.07 Å². The molecule has 0 aliphatic carbocycles. The molecule has 1 N–H and O–H groups in total. The zero-order valence-corrected chi connectivity index (χ0v) is 15.1. The fourth-order valence-corrected chi connectivity index (χ4v) is 5.17. The maximum atomic E-state index is 12.2. The van der Waals surface area contributed by atoms with Gasteiger partial charge in [-0.2, -0.15) is 0 Å². The summed E-state index contributed by atoms with van der Waals surface area (Å²) < 4.78 is 28.3. The Bertz CT molecular complexity index is 496. The normalized spacial score (nSPS) is 14.3. The fraction of sp³-hybridized carbons (Fsp3) is 0.667. The summed E-state index contributed by atoms with van der Waals surface area (Å²) >= 11 is 4.60. The van der Waals surface area contributed by atoms with Crippen molar-refractivity contribution in [2.45, 2.75) is 31.0 Å². The second-order valence-corrected chi connectivity index (χ2v) is 9.51. The largest absolute Gasteiger partial charge is 0.305 e. The van der Waals surface area contributed by atoms with Gasteiger partial charge in [0.1, 0.15) is 4.21 Å². The van der Waals surface area contributed by atoms with Crippen molar-refractivity contribution in [2.24, 2.45) is 5.92 Å². The molecule has 110 valence electrons. The number of aryl methyl sites for hydroxylation is 1. The van der Waals surface area contributed by atoms with Gasteiger partial charge in [0, 0.05) is 12.6 Å². The van der Waals surface area contributed by atoms with Crippen LogP contribution in [0.25, 0.3) is 0 Å². The Hall–Kier alpha value is 0.0500. The summed E-state index contributed by atoms with van der Waals surface area (Å²) in [6.07, 6.45) is 0. The van der Waals surface area contributed by atoms with Crippen molar-refractivity contribution in [1.29, 1.82) is 0 Å². The summed E-state index contributed by atoms with van der Waals surface area (Å²) in [5.41, 5.74) is 0.943. The number of rotatable bonds is 6. The number of sulfonamides is 1. The minimum atomic E-state index is -3.41. The lowest BCUT2D eigenvalue weighted by Gasteiger charge is -2.27. The smallest absolute Gasteiger partial charge is 0.250 e. The minimum absolute atomic E-state index is 0.180. The lowest BCUT2D eigenvalue weighted by molar-refractivity contribution is 0.233. The van der Waals surface area contributed by atoms with E-state index in [0.29, 0.717) is 16.7 Å². The maximum absolute atomic E-state index is 12.2. The second kappa shape index (κ2) is 6.67. The number of hydrogen-bond donors (Lipinski definition) is 1. The number of nitrogens with one attached hydrogen (secondary N) is 1. The van der Waals surface area contributed by atoms with Crippen LogP contribution < -0.4 is 4.72 Å². The summed E-state index contributed by atoms with van der Waals surface area (Å²) in [5, 5.41) is 0. The summed E-state index contributed by atoms with van der Waals surface area (Å²) in [6, 6.07) is 1.87. The lowest BCUT2D eigenvalue weighted by atomic mass is 10.0. The third-order valence-corrected chi connectivity index (χ3v) is 7.05. The number of nitrogens with zero attached hydrogens (tertiary/aromatic N) is 1. The first kappa shape index (κ1) is 17.1. The molecular formula is C12H21BrN2O2S2. The van der Waals surface area contributed by atoms with Gasteiger partial charge in [-0.15, -0.1) is 11.3 Å². The van der Waals surface area contributed by atoms with Crippen LogP contribution in [-0.2, 0) is 10.0 Å². The third kappa shape index (κ3) is 4.53. The highest BCUT2D eigenvalue weighted by atomic mass is 79.9. The van der Waals surface area contributed by atoms with Crippen LogP contribution in [0.2, 0.25) is 0 Å². The van der Waals surface area contributed by atoms with Crippen molar-refractivity contribution >= 4 is 37.3 Å². The van der Waals surface area contributed by atoms with Crippen molar-refractivity contribution in [2.75, 3.05) is 20.6 Å². The maximum Gasteiger partial charge on any atom is 0.250 e. The molecule has 1 heterocycles. The van der Waals surface area contributed by atoms with E-state index in [1.807, 2.05) is 25.9 Å². The van der Waals surface area contributed by atoms with Crippen LogP contribution >= 0.6 is 27.3 Å². The molecule has 7 heteroatoms. The monoisotopic (exact) mass is 368 g/mol. The van der Waals surface area contributed by atoms with Gasteiger partial charge in [0.2, 0.25) is 10.0 Å². The predicted molar refractivity (Wildman–Crippen MR) is 84.3 cm³/mol. The van der Waals surface area contributed by atoms with Crippen LogP contribution in [0.3, 0.4) is 0 Å².